The van der Waals surface area contributed by atoms with E-state index in [2.05, 4.69) is 26.2 Å². The SMILES string of the molecule is CC(=CCCC[Si](C)(C)O[SiH](C)C)C(=O)O. The molecule has 0 aliphatic carbocycles. The van der Waals surface area contributed by atoms with Crippen molar-refractivity contribution in [3.63, 3.8) is 0 Å². The van der Waals surface area contributed by atoms with E-state index < -0.39 is 23.3 Å². The largest absolute Gasteiger partial charge is 0.478 e. The summed E-state index contributed by atoms with van der Waals surface area (Å²) < 4.78 is 6.03. The van der Waals surface area contributed by atoms with Crippen LogP contribution >= 0.6 is 0 Å². The zero-order chi connectivity index (χ0) is 12.8. The van der Waals surface area contributed by atoms with Gasteiger partial charge in [-0.2, -0.15) is 0 Å². The number of carbonyl (C=O) groups is 1. The molecule has 16 heavy (non-hydrogen) atoms. The topological polar surface area (TPSA) is 46.5 Å². The smallest absolute Gasteiger partial charge is 0.330 e. The fourth-order valence-electron chi connectivity index (χ4n) is 1.63. The molecule has 0 aliphatic heterocycles. The van der Waals surface area contributed by atoms with Crippen molar-refractivity contribution in [2.75, 3.05) is 0 Å². The predicted molar refractivity (Wildman–Crippen MR) is 72.9 cm³/mol. The van der Waals surface area contributed by atoms with Gasteiger partial charge in [0.15, 0.2) is 17.4 Å². The van der Waals surface area contributed by atoms with Crippen molar-refractivity contribution in [1.82, 2.24) is 0 Å². The Hall–Kier alpha value is -0.396. The van der Waals surface area contributed by atoms with Crippen LogP contribution in [0, 0.1) is 0 Å². The lowest BCUT2D eigenvalue weighted by molar-refractivity contribution is -0.132. The van der Waals surface area contributed by atoms with Crippen molar-refractivity contribution in [2.45, 2.75) is 52.0 Å². The van der Waals surface area contributed by atoms with Crippen molar-refractivity contribution >= 4 is 23.3 Å². The van der Waals surface area contributed by atoms with Gasteiger partial charge in [-0.05, 0) is 45.6 Å². The van der Waals surface area contributed by atoms with Crippen LogP contribution in [0.5, 0.6) is 0 Å². The molecule has 0 rings (SSSR count). The molecule has 0 saturated carbocycles. The van der Waals surface area contributed by atoms with Crippen molar-refractivity contribution in [1.29, 1.82) is 0 Å². The fourth-order valence-corrected chi connectivity index (χ4v) is 8.26. The first-order valence-electron chi connectivity index (χ1n) is 5.82. The number of aliphatic carboxylic acids is 1. The molecule has 0 aliphatic rings. The predicted octanol–water partition coefficient (Wildman–Crippen LogP) is 3.00. The van der Waals surface area contributed by atoms with Gasteiger partial charge < -0.3 is 9.22 Å². The molecule has 94 valence electrons. The summed E-state index contributed by atoms with van der Waals surface area (Å²) in [6, 6.07) is 1.11. The Balaban J connectivity index is 3.90. The van der Waals surface area contributed by atoms with E-state index in [1.165, 1.54) is 0 Å². The quantitative estimate of drug-likeness (QED) is 0.435. The highest BCUT2D eigenvalue weighted by Gasteiger charge is 2.22. The van der Waals surface area contributed by atoms with Gasteiger partial charge in [0.05, 0.1) is 0 Å². The van der Waals surface area contributed by atoms with Gasteiger partial charge in [0.25, 0.3) is 0 Å². The monoisotopic (exact) mass is 260 g/mol. The first-order chi connectivity index (χ1) is 7.24. The highest BCUT2D eigenvalue weighted by molar-refractivity contribution is 6.77. The number of allylic oxidation sites excluding steroid dienone is 1. The van der Waals surface area contributed by atoms with E-state index in [0.717, 1.165) is 18.9 Å². The molecule has 0 spiro atoms. The van der Waals surface area contributed by atoms with Crippen molar-refractivity contribution < 1.29 is 14.0 Å². The molecule has 0 fully saturated rings. The molecule has 0 atom stereocenters. The van der Waals surface area contributed by atoms with E-state index in [1.54, 1.807) is 13.0 Å². The molecule has 0 bridgehead atoms. The van der Waals surface area contributed by atoms with Crippen LogP contribution in [0.15, 0.2) is 11.6 Å². The van der Waals surface area contributed by atoms with Gasteiger partial charge in [0.2, 0.25) is 0 Å². The Morgan fingerprint density at radius 2 is 2.00 bits per heavy atom. The molecule has 0 radical (unpaired) electrons. The number of rotatable bonds is 7. The van der Waals surface area contributed by atoms with Crippen LogP contribution < -0.4 is 0 Å². The van der Waals surface area contributed by atoms with E-state index in [9.17, 15) is 4.79 Å². The van der Waals surface area contributed by atoms with Gasteiger partial charge in [-0.25, -0.2) is 4.79 Å². The molecular weight excluding hydrogens is 236 g/mol. The van der Waals surface area contributed by atoms with E-state index in [0.29, 0.717) is 5.57 Å². The third-order valence-electron chi connectivity index (χ3n) is 2.33. The number of hydrogen-bond acceptors (Lipinski definition) is 2. The normalized spacial score (nSPS) is 13.2. The maximum absolute atomic E-state index is 10.6. The van der Waals surface area contributed by atoms with Crippen molar-refractivity contribution in [3.8, 4) is 0 Å². The molecule has 0 heterocycles. The van der Waals surface area contributed by atoms with E-state index in [-0.39, 0.29) is 0 Å². The Bertz CT molecular complexity index is 260. The van der Waals surface area contributed by atoms with Crippen LogP contribution in [-0.2, 0) is 8.91 Å². The summed E-state index contributed by atoms with van der Waals surface area (Å²) >= 11 is 0. The summed E-state index contributed by atoms with van der Waals surface area (Å²) in [5, 5.41) is 8.68. The van der Waals surface area contributed by atoms with E-state index >= 15 is 0 Å². The minimum Gasteiger partial charge on any atom is -0.478 e. The maximum Gasteiger partial charge on any atom is 0.330 e. The first kappa shape index (κ1) is 15.6. The van der Waals surface area contributed by atoms with Crippen LogP contribution in [0.2, 0.25) is 32.2 Å². The van der Waals surface area contributed by atoms with Crippen LogP contribution in [0.1, 0.15) is 19.8 Å². The van der Waals surface area contributed by atoms with Gasteiger partial charge in [-0.3, -0.25) is 0 Å². The lowest BCUT2D eigenvalue weighted by atomic mass is 10.2. The van der Waals surface area contributed by atoms with Crippen LogP contribution in [0.4, 0.5) is 0 Å². The van der Waals surface area contributed by atoms with Crippen molar-refractivity contribution in [3.05, 3.63) is 11.6 Å². The summed E-state index contributed by atoms with van der Waals surface area (Å²) in [6.45, 7) is 10.5. The highest BCUT2D eigenvalue weighted by atomic mass is 28.4. The Labute approximate surface area is 101 Å². The lowest BCUT2D eigenvalue weighted by Crippen LogP contribution is -2.34. The van der Waals surface area contributed by atoms with Gasteiger partial charge in [-0.1, -0.05) is 12.5 Å². The molecule has 5 heteroatoms. The Morgan fingerprint density at radius 3 is 2.44 bits per heavy atom. The molecule has 0 amide bonds. The zero-order valence-electron chi connectivity index (χ0n) is 11.0. The second kappa shape index (κ2) is 7.03. The maximum atomic E-state index is 10.6. The molecule has 0 aromatic rings. The third kappa shape index (κ3) is 7.84. The minimum atomic E-state index is -1.48. The van der Waals surface area contributed by atoms with E-state index in [4.69, 9.17) is 9.22 Å². The second-order valence-corrected chi connectivity index (χ2v) is 12.1. The second-order valence-electron chi connectivity index (χ2n) is 5.01. The number of unbranched alkanes of at least 4 members (excludes halogenated alkanes) is 1. The number of carboxylic acid groups (broad SMARTS) is 1. The first-order valence-corrected chi connectivity index (χ1v) is 11.7. The average molecular weight is 260 g/mol. The summed E-state index contributed by atoms with van der Waals surface area (Å²) in [5.41, 5.74) is 0.443. The van der Waals surface area contributed by atoms with Gasteiger partial charge in [0.1, 0.15) is 0 Å². The molecule has 0 unspecified atom stereocenters. The van der Waals surface area contributed by atoms with Crippen LogP contribution in [0.25, 0.3) is 0 Å². The molecule has 0 aromatic carbocycles. The molecule has 0 aromatic heterocycles. The molecule has 3 nitrogen and oxygen atoms in total. The Kier molecular flexibility index (Phi) is 6.86. The summed E-state index contributed by atoms with van der Waals surface area (Å²) in [6.07, 6.45) is 3.68. The fraction of sp³-hybridized carbons (Fsp3) is 0.727. The standard InChI is InChI=1S/C11H24O3Si2/c1-10(11(12)13)8-6-7-9-16(4,5)14-15(2)3/h8,15H,6-7,9H2,1-5H3,(H,12,13). The number of carboxylic acids is 1. The summed E-state index contributed by atoms with van der Waals surface area (Å²) in [7, 11) is -2.41. The molecule has 1 N–H and O–H groups in total. The van der Waals surface area contributed by atoms with E-state index in [1.807, 2.05) is 0 Å². The molecule has 0 saturated heterocycles. The van der Waals surface area contributed by atoms with Crippen LogP contribution in [-0.4, -0.2) is 28.4 Å². The average Bonchev–Trinajstić information content (AvgIpc) is 2.09. The Morgan fingerprint density at radius 1 is 1.44 bits per heavy atom. The highest BCUT2D eigenvalue weighted by Crippen LogP contribution is 2.17. The number of hydrogen-bond donors (Lipinski definition) is 1. The van der Waals surface area contributed by atoms with Gasteiger partial charge in [-0.15, -0.1) is 0 Å². The summed E-state index contributed by atoms with van der Waals surface area (Å²) in [5.74, 6) is -0.817. The summed E-state index contributed by atoms with van der Waals surface area (Å²) in [4.78, 5) is 10.6. The van der Waals surface area contributed by atoms with Gasteiger partial charge >= 0.3 is 5.97 Å². The lowest BCUT2D eigenvalue weighted by Gasteiger charge is -2.25. The van der Waals surface area contributed by atoms with Crippen LogP contribution in [0.3, 0.4) is 0 Å². The third-order valence-corrected chi connectivity index (χ3v) is 8.32. The van der Waals surface area contributed by atoms with Crippen molar-refractivity contribution in [2.24, 2.45) is 0 Å². The zero-order valence-corrected chi connectivity index (χ0v) is 13.2. The van der Waals surface area contributed by atoms with Gasteiger partial charge in [0, 0.05) is 5.57 Å². The minimum absolute atomic E-state index is 0.443. The molecular formula is C11H24O3Si2.